The van der Waals surface area contributed by atoms with Gasteiger partial charge in [-0.25, -0.2) is 17.5 Å². The lowest BCUT2D eigenvalue weighted by molar-refractivity contribution is 0.579. The van der Waals surface area contributed by atoms with Gasteiger partial charge in [0.25, 0.3) is 0 Å². The lowest BCUT2D eigenvalue weighted by atomic mass is 9.87. The number of sulfonamides is 1. The molecule has 23 heavy (non-hydrogen) atoms. The molecular formula is C17H19ClFNO2S. The van der Waals surface area contributed by atoms with Gasteiger partial charge in [-0.1, -0.05) is 56.6 Å². The van der Waals surface area contributed by atoms with Crippen LogP contribution >= 0.6 is 11.6 Å². The van der Waals surface area contributed by atoms with E-state index in [0.717, 1.165) is 17.7 Å². The molecule has 0 radical (unpaired) electrons. The summed E-state index contributed by atoms with van der Waals surface area (Å²) in [5.41, 5.74) is 2.06. The van der Waals surface area contributed by atoms with Crippen molar-refractivity contribution >= 4 is 21.6 Å². The molecule has 6 heteroatoms. The monoisotopic (exact) mass is 355 g/mol. The summed E-state index contributed by atoms with van der Waals surface area (Å²) < 4.78 is 40.0. The first-order valence-corrected chi connectivity index (χ1v) is 9.00. The molecule has 0 saturated carbocycles. The maximum Gasteiger partial charge on any atom is 0.240 e. The first kappa shape index (κ1) is 17.9. The fourth-order valence-electron chi connectivity index (χ4n) is 2.03. The predicted octanol–water partition coefficient (Wildman–Crippen LogP) is 4.26. The summed E-state index contributed by atoms with van der Waals surface area (Å²) in [4.78, 5) is -0.0600. The van der Waals surface area contributed by atoms with Crippen LogP contribution in [0.3, 0.4) is 0 Å². The minimum Gasteiger partial charge on any atom is -0.207 e. The Morgan fingerprint density at radius 2 is 1.70 bits per heavy atom. The summed E-state index contributed by atoms with van der Waals surface area (Å²) in [6.07, 6.45) is 0. The zero-order valence-electron chi connectivity index (χ0n) is 13.2. The second-order valence-corrected chi connectivity index (χ2v) is 8.52. The maximum absolute atomic E-state index is 13.1. The first-order valence-electron chi connectivity index (χ1n) is 7.14. The first-order chi connectivity index (χ1) is 10.6. The molecule has 1 N–H and O–H groups in total. The Labute approximate surface area is 141 Å². The van der Waals surface area contributed by atoms with Crippen molar-refractivity contribution in [2.24, 2.45) is 0 Å². The molecule has 3 nitrogen and oxygen atoms in total. The van der Waals surface area contributed by atoms with Crippen LogP contribution in [0.5, 0.6) is 0 Å². The minimum absolute atomic E-state index is 0.0445. The topological polar surface area (TPSA) is 46.2 Å². The molecule has 0 atom stereocenters. The summed E-state index contributed by atoms with van der Waals surface area (Å²) in [5.74, 6) is -0.650. The second kappa shape index (κ2) is 6.59. The van der Waals surface area contributed by atoms with E-state index in [1.165, 1.54) is 11.6 Å². The highest BCUT2D eigenvalue weighted by Crippen LogP contribution is 2.23. The zero-order chi connectivity index (χ0) is 17.3. The van der Waals surface area contributed by atoms with E-state index in [1.54, 1.807) is 0 Å². The average molecular weight is 356 g/mol. The van der Waals surface area contributed by atoms with Crippen molar-refractivity contribution in [2.75, 3.05) is 0 Å². The number of hydrogen-bond acceptors (Lipinski definition) is 2. The molecule has 0 fully saturated rings. The quantitative estimate of drug-likeness (QED) is 0.890. The normalized spacial score (nSPS) is 12.4. The van der Waals surface area contributed by atoms with Crippen molar-refractivity contribution in [3.05, 3.63) is 64.4 Å². The molecule has 0 aliphatic heterocycles. The highest BCUT2D eigenvalue weighted by atomic mass is 35.5. The van der Waals surface area contributed by atoms with Crippen LogP contribution in [0.1, 0.15) is 31.9 Å². The van der Waals surface area contributed by atoms with Crippen LogP contribution in [-0.4, -0.2) is 8.42 Å². The molecule has 0 heterocycles. The van der Waals surface area contributed by atoms with E-state index < -0.39 is 15.8 Å². The molecule has 0 amide bonds. The third kappa shape index (κ3) is 4.53. The highest BCUT2D eigenvalue weighted by molar-refractivity contribution is 7.89. The van der Waals surface area contributed by atoms with Gasteiger partial charge in [-0.2, -0.15) is 0 Å². The molecule has 0 aliphatic carbocycles. The van der Waals surface area contributed by atoms with Gasteiger partial charge < -0.3 is 0 Å². The zero-order valence-corrected chi connectivity index (χ0v) is 14.8. The molecule has 124 valence electrons. The van der Waals surface area contributed by atoms with Crippen LogP contribution in [0.15, 0.2) is 47.4 Å². The standard InChI is InChI=1S/C17H19ClFNO2S/c1-17(2,3)13-6-4-12(5-7-13)11-20-23(21,22)14-8-9-16(19)15(18)10-14/h4-10,20H,11H2,1-3H3. The van der Waals surface area contributed by atoms with Gasteiger partial charge in [-0.15, -0.1) is 0 Å². The third-order valence-corrected chi connectivity index (χ3v) is 5.18. The molecule has 2 rings (SSSR count). The molecule has 0 aromatic heterocycles. The SMILES string of the molecule is CC(C)(C)c1ccc(CNS(=O)(=O)c2ccc(F)c(Cl)c2)cc1. The van der Waals surface area contributed by atoms with Crippen LogP contribution in [0.25, 0.3) is 0 Å². The van der Waals surface area contributed by atoms with Crippen molar-refractivity contribution < 1.29 is 12.8 Å². The van der Waals surface area contributed by atoms with Crippen molar-refractivity contribution in [3.63, 3.8) is 0 Å². The Morgan fingerprint density at radius 3 is 2.22 bits per heavy atom. The molecular weight excluding hydrogens is 337 g/mol. The van der Waals surface area contributed by atoms with Gasteiger partial charge >= 0.3 is 0 Å². The van der Waals surface area contributed by atoms with E-state index in [2.05, 4.69) is 25.5 Å². The molecule has 0 aliphatic rings. The number of halogens is 2. The van der Waals surface area contributed by atoms with Gasteiger partial charge in [0, 0.05) is 6.54 Å². The lowest BCUT2D eigenvalue weighted by Crippen LogP contribution is -2.23. The molecule has 2 aromatic carbocycles. The smallest absolute Gasteiger partial charge is 0.207 e. The van der Waals surface area contributed by atoms with E-state index in [4.69, 9.17) is 11.6 Å². The van der Waals surface area contributed by atoms with Crippen molar-refractivity contribution in [1.29, 1.82) is 0 Å². The van der Waals surface area contributed by atoms with Crippen molar-refractivity contribution in [3.8, 4) is 0 Å². The van der Waals surface area contributed by atoms with E-state index >= 15 is 0 Å². The summed E-state index contributed by atoms with van der Waals surface area (Å²) in [6, 6.07) is 11.1. The highest BCUT2D eigenvalue weighted by Gasteiger charge is 2.16. The van der Waals surface area contributed by atoms with Crippen molar-refractivity contribution in [2.45, 2.75) is 37.6 Å². The second-order valence-electron chi connectivity index (χ2n) is 6.35. The van der Waals surface area contributed by atoms with E-state index in [1.807, 2.05) is 24.3 Å². The number of benzene rings is 2. The van der Waals surface area contributed by atoms with Crippen LogP contribution in [0.2, 0.25) is 5.02 Å². The number of hydrogen-bond donors (Lipinski definition) is 1. The lowest BCUT2D eigenvalue weighted by Gasteiger charge is -2.19. The van der Waals surface area contributed by atoms with Crippen LogP contribution < -0.4 is 4.72 Å². The minimum atomic E-state index is -3.74. The van der Waals surface area contributed by atoms with E-state index in [0.29, 0.717) is 0 Å². The largest absolute Gasteiger partial charge is 0.240 e. The Balaban J connectivity index is 2.11. The van der Waals surface area contributed by atoms with Crippen LogP contribution in [0.4, 0.5) is 4.39 Å². The predicted molar refractivity (Wildman–Crippen MR) is 90.6 cm³/mol. The molecule has 0 bridgehead atoms. The van der Waals surface area contributed by atoms with Gasteiger partial charge in [0.2, 0.25) is 10.0 Å². The van der Waals surface area contributed by atoms with Crippen LogP contribution in [-0.2, 0) is 22.0 Å². The maximum atomic E-state index is 13.1. The Hall–Kier alpha value is -1.43. The Kier molecular flexibility index (Phi) is 5.14. The third-order valence-electron chi connectivity index (χ3n) is 3.49. The van der Waals surface area contributed by atoms with Gasteiger partial charge in [-0.3, -0.25) is 0 Å². The fraction of sp³-hybridized carbons (Fsp3) is 0.294. The van der Waals surface area contributed by atoms with E-state index in [-0.39, 0.29) is 21.9 Å². The molecule has 0 unspecified atom stereocenters. The van der Waals surface area contributed by atoms with Gasteiger partial charge in [0.1, 0.15) is 5.82 Å². The van der Waals surface area contributed by atoms with E-state index in [9.17, 15) is 12.8 Å². The Morgan fingerprint density at radius 1 is 1.09 bits per heavy atom. The van der Waals surface area contributed by atoms with Gasteiger partial charge in [-0.05, 0) is 34.7 Å². The molecule has 0 spiro atoms. The summed E-state index contributed by atoms with van der Waals surface area (Å²) in [5, 5.41) is -0.220. The van der Waals surface area contributed by atoms with Gasteiger partial charge in [0.15, 0.2) is 0 Å². The molecule has 0 saturated heterocycles. The fourth-order valence-corrected chi connectivity index (χ4v) is 3.32. The van der Waals surface area contributed by atoms with Gasteiger partial charge in [0.05, 0.1) is 9.92 Å². The number of nitrogens with one attached hydrogen (secondary N) is 1. The molecule has 2 aromatic rings. The summed E-state index contributed by atoms with van der Waals surface area (Å²) in [7, 11) is -3.74. The number of rotatable bonds is 4. The summed E-state index contributed by atoms with van der Waals surface area (Å²) >= 11 is 5.63. The van der Waals surface area contributed by atoms with Crippen molar-refractivity contribution in [1.82, 2.24) is 4.72 Å². The van der Waals surface area contributed by atoms with Crippen LogP contribution in [0, 0.1) is 5.82 Å². The Bertz CT molecular complexity index is 796. The average Bonchev–Trinajstić information content (AvgIpc) is 2.47. The summed E-state index contributed by atoms with van der Waals surface area (Å²) in [6.45, 7) is 6.50.